The molecule has 4 nitrogen and oxygen atoms in total. The number of rotatable bonds is 2. The van der Waals surface area contributed by atoms with Crippen molar-refractivity contribution < 1.29 is 15.0 Å². The number of phenols is 1. The smallest absolute Gasteiger partial charge is 0.254 e. The summed E-state index contributed by atoms with van der Waals surface area (Å²) >= 11 is 0. The quantitative estimate of drug-likeness (QED) is 0.775. The molecule has 16 heavy (non-hydrogen) atoms. The van der Waals surface area contributed by atoms with Gasteiger partial charge >= 0.3 is 0 Å². The standard InChI is InChI=1S/C12H15NO3/c1-8-2-3-10(4-11(8)15)12(16)13-5-9(6-13)7-14/h2-4,9,14-15H,5-7H2,1H3. The van der Waals surface area contributed by atoms with Gasteiger partial charge in [0.05, 0.1) is 0 Å². The van der Waals surface area contributed by atoms with Gasteiger partial charge in [-0.25, -0.2) is 0 Å². The Balaban J connectivity index is 2.07. The monoisotopic (exact) mass is 221 g/mol. The molecule has 1 aliphatic rings. The first kappa shape index (κ1) is 11.0. The van der Waals surface area contributed by atoms with Gasteiger partial charge in [-0.1, -0.05) is 6.07 Å². The number of aryl methyl sites for hydroxylation is 1. The highest BCUT2D eigenvalue weighted by Gasteiger charge is 2.30. The second-order valence-electron chi connectivity index (χ2n) is 4.26. The van der Waals surface area contributed by atoms with Gasteiger partial charge in [0, 0.05) is 31.2 Å². The van der Waals surface area contributed by atoms with Crippen LogP contribution in [0, 0.1) is 12.8 Å². The fraction of sp³-hybridized carbons (Fsp3) is 0.417. The number of amides is 1. The minimum Gasteiger partial charge on any atom is -0.508 e. The van der Waals surface area contributed by atoms with E-state index in [0.717, 1.165) is 5.56 Å². The first-order valence-electron chi connectivity index (χ1n) is 5.31. The van der Waals surface area contributed by atoms with E-state index < -0.39 is 0 Å². The Kier molecular flexibility index (Phi) is 2.83. The van der Waals surface area contributed by atoms with Crippen molar-refractivity contribution in [2.45, 2.75) is 6.92 Å². The Morgan fingerprint density at radius 3 is 2.75 bits per heavy atom. The molecule has 1 heterocycles. The lowest BCUT2D eigenvalue weighted by molar-refractivity contribution is 0.0361. The summed E-state index contributed by atoms with van der Waals surface area (Å²) in [6.45, 7) is 3.12. The number of hydrogen-bond donors (Lipinski definition) is 2. The Morgan fingerprint density at radius 1 is 1.50 bits per heavy atom. The van der Waals surface area contributed by atoms with Gasteiger partial charge < -0.3 is 15.1 Å². The molecule has 1 saturated heterocycles. The lowest BCUT2D eigenvalue weighted by Gasteiger charge is -2.38. The van der Waals surface area contributed by atoms with E-state index >= 15 is 0 Å². The highest BCUT2D eigenvalue weighted by Crippen LogP contribution is 2.22. The summed E-state index contributed by atoms with van der Waals surface area (Å²) in [6, 6.07) is 4.93. The Hall–Kier alpha value is -1.55. The minimum atomic E-state index is -0.0833. The summed E-state index contributed by atoms with van der Waals surface area (Å²) in [5.74, 6) is 0.271. The molecule has 2 N–H and O–H groups in total. The molecule has 1 aromatic rings. The third-order valence-electron chi connectivity index (χ3n) is 2.96. The van der Waals surface area contributed by atoms with Gasteiger partial charge in [0.1, 0.15) is 5.75 Å². The van der Waals surface area contributed by atoms with Crippen LogP contribution in [0.2, 0.25) is 0 Å². The van der Waals surface area contributed by atoms with E-state index in [1.54, 1.807) is 24.0 Å². The lowest BCUT2D eigenvalue weighted by atomic mass is 9.99. The number of aromatic hydroxyl groups is 1. The van der Waals surface area contributed by atoms with Crippen molar-refractivity contribution in [3.63, 3.8) is 0 Å². The number of aliphatic hydroxyl groups excluding tert-OH is 1. The molecule has 0 radical (unpaired) electrons. The summed E-state index contributed by atoms with van der Waals surface area (Å²) in [5.41, 5.74) is 1.26. The second-order valence-corrected chi connectivity index (χ2v) is 4.26. The van der Waals surface area contributed by atoms with Gasteiger partial charge in [-0.3, -0.25) is 4.79 Å². The van der Waals surface area contributed by atoms with Gasteiger partial charge in [0.25, 0.3) is 5.91 Å². The van der Waals surface area contributed by atoms with E-state index in [-0.39, 0.29) is 24.2 Å². The molecule has 1 aromatic carbocycles. The number of nitrogens with zero attached hydrogens (tertiary/aromatic N) is 1. The molecule has 0 spiro atoms. The van der Waals surface area contributed by atoms with E-state index in [1.165, 1.54) is 6.07 Å². The van der Waals surface area contributed by atoms with E-state index in [0.29, 0.717) is 18.7 Å². The number of carbonyl (C=O) groups is 1. The number of benzene rings is 1. The molecule has 0 atom stereocenters. The summed E-state index contributed by atoms with van der Waals surface area (Å²) in [7, 11) is 0. The average Bonchev–Trinajstić information content (AvgIpc) is 2.20. The van der Waals surface area contributed by atoms with Crippen molar-refractivity contribution in [3.8, 4) is 5.75 Å². The molecule has 1 amide bonds. The summed E-state index contributed by atoms with van der Waals surface area (Å²) in [5, 5.41) is 18.4. The Bertz CT molecular complexity index is 411. The molecule has 2 rings (SSSR count). The highest BCUT2D eigenvalue weighted by atomic mass is 16.3. The number of phenolic OH excluding ortho intramolecular Hbond substituents is 1. The summed E-state index contributed by atoms with van der Waals surface area (Å²) < 4.78 is 0. The fourth-order valence-corrected chi connectivity index (χ4v) is 1.78. The molecule has 4 heteroatoms. The van der Waals surface area contributed by atoms with Gasteiger partial charge in [-0.15, -0.1) is 0 Å². The van der Waals surface area contributed by atoms with Crippen molar-refractivity contribution in [1.82, 2.24) is 4.90 Å². The third-order valence-corrected chi connectivity index (χ3v) is 2.96. The van der Waals surface area contributed by atoms with Crippen LogP contribution in [0.4, 0.5) is 0 Å². The highest BCUT2D eigenvalue weighted by molar-refractivity contribution is 5.95. The van der Waals surface area contributed by atoms with E-state index in [9.17, 15) is 9.90 Å². The molecule has 0 bridgehead atoms. The summed E-state index contributed by atoms with van der Waals surface area (Å²) in [6.07, 6.45) is 0. The van der Waals surface area contributed by atoms with Crippen molar-refractivity contribution in [2.24, 2.45) is 5.92 Å². The predicted molar refractivity (Wildman–Crippen MR) is 59.3 cm³/mol. The van der Waals surface area contributed by atoms with E-state index in [4.69, 9.17) is 5.11 Å². The molecule has 1 aliphatic heterocycles. The van der Waals surface area contributed by atoms with Crippen LogP contribution in [-0.4, -0.2) is 40.7 Å². The van der Waals surface area contributed by atoms with Crippen LogP contribution in [0.15, 0.2) is 18.2 Å². The van der Waals surface area contributed by atoms with Crippen LogP contribution in [0.5, 0.6) is 5.75 Å². The SMILES string of the molecule is Cc1ccc(C(=O)N2CC(CO)C2)cc1O. The molecular weight excluding hydrogens is 206 g/mol. The molecule has 0 aliphatic carbocycles. The molecule has 0 unspecified atom stereocenters. The zero-order valence-corrected chi connectivity index (χ0v) is 9.18. The molecule has 1 fully saturated rings. The maximum Gasteiger partial charge on any atom is 0.254 e. The van der Waals surface area contributed by atoms with Crippen molar-refractivity contribution in [3.05, 3.63) is 29.3 Å². The number of likely N-dealkylation sites (tertiary alicyclic amines) is 1. The lowest BCUT2D eigenvalue weighted by Crippen LogP contribution is -2.51. The number of carbonyl (C=O) groups excluding carboxylic acids is 1. The zero-order valence-electron chi connectivity index (χ0n) is 9.18. The van der Waals surface area contributed by atoms with Crippen molar-refractivity contribution >= 4 is 5.91 Å². The molecule has 86 valence electrons. The van der Waals surface area contributed by atoms with E-state index in [1.807, 2.05) is 0 Å². The largest absolute Gasteiger partial charge is 0.508 e. The van der Waals surface area contributed by atoms with Crippen molar-refractivity contribution in [1.29, 1.82) is 0 Å². The first-order valence-corrected chi connectivity index (χ1v) is 5.31. The maximum atomic E-state index is 11.9. The molecular formula is C12H15NO3. The number of aliphatic hydroxyl groups is 1. The first-order chi connectivity index (χ1) is 7.61. The van der Waals surface area contributed by atoms with Gasteiger partial charge in [0.2, 0.25) is 0 Å². The van der Waals surface area contributed by atoms with Crippen LogP contribution in [0.1, 0.15) is 15.9 Å². The van der Waals surface area contributed by atoms with Crippen LogP contribution in [-0.2, 0) is 0 Å². The molecule has 0 saturated carbocycles. The predicted octanol–water partition coefficient (Wildman–Crippen LogP) is 0.765. The minimum absolute atomic E-state index is 0.0833. The average molecular weight is 221 g/mol. The maximum absolute atomic E-state index is 11.9. The normalized spacial score (nSPS) is 16.0. The Labute approximate surface area is 94.1 Å². The Morgan fingerprint density at radius 2 is 2.19 bits per heavy atom. The summed E-state index contributed by atoms with van der Waals surface area (Å²) in [4.78, 5) is 13.6. The topological polar surface area (TPSA) is 60.8 Å². The fourth-order valence-electron chi connectivity index (χ4n) is 1.78. The van der Waals surface area contributed by atoms with Crippen LogP contribution in [0.25, 0.3) is 0 Å². The van der Waals surface area contributed by atoms with Gasteiger partial charge in [-0.2, -0.15) is 0 Å². The van der Waals surface area contributed by atoms with Gasteiger partial charge in [-0.05, 0) is 24.6 Å². The third kappa shape index (κ3) is 1.88. The van der Waals surface area contributed by atoms with Crippen molar-refractivity contribution in [2.75, 3.05) is 19.7 Å². The number of hydrogen-bond acceptors (Lipinski definition) is 3. The van der Waals surface area contributed by atoms with Crippen LogP contribution < -0.4 is 0 Å². The molecule has 0 aromatic heterocycles. The van der Waals surface area contributed by atoms with Gasteiger partial charge in [0.15, 0.2) is 0 Å². The van der Waals surface area contributed by atoms with E-state index in [2.05, 4.69) is 0 Å². The second kappa shape index (κ2) is 4.14. The zero-order chi connectivity index (χ0) is 11.7. The van der Waals surface area contributed by atoms with Crippen LogP contribution in [0.3, 0.4) is 0 Å². The van der Waals surface area contributed by atoms with Crippen LogP contribution >= 0.6 is 0 Å².